The first kappa shape index (κ1) is 12.9. The minimum Gasteiger partial charge on any atom is -0.366 e. The normalized spacial score (nSPS) is 14.1. The summed E-state index contributed by atoms with van der Waals surface area (Å²) < 4.78 is 0. The van der Waals surface area contributed by atoms with E-state index in [0.29, 0.717) is 11.9 Å². The van der Waals surface area contributed by atoms with Crippen LogP contribution >= 0.6 is 0 Å². The first-order valence-corrected chi connectivity index (χ1v) is 7.11. The number of nitrogens with zero attached hydrogens (tertiary/aromatic N) is 2. The van der Waals surface area contributed by atoms with Crippen LogP contribution < -0.4 is 10.6 Å². The highest BCUT2D eigenvalue weighted by atomic mass is 15.1. The van der Waals surface area contributed by atoms with Crippen LogP contribution in [-0.2, 0) is 6.54 Å². The Balaban J connectivity index is 1.72. The molecule has 1 heterocycles. The number of aromatic nitrogens is 2. The highest BCUT2D eigenvalue weighted by Gasteiger charge is 2.26. The van der Waals surface area contributed by atoms with Crippen molar-refractivity contribution < 1.29 is 0 Å². The van der Waals surface area contributed by atoms with E-state index in [2.05, 4.69) is 57.9 Å². The molecule has 0 aliphatic heterocycles. The molecule has 0 radical (unpaired) electrons. The van der Waals surface area contributed by atoms with Gasteiger partial charge in [0, 0.05) is 25.6 Å². The van der Waals surface area contributed by atoms with Gasteiger partial charge >= 0.3 is 0 Å². The highest BCUT2D eigenvalue weighted by molar-refractivity contribution is 5.44. The first-order chi connectivity index (χ1) is 9.74. The predicted octanol–water partition coefficient (Wildman–Crippen LogP) is 3.32. The van der Waals surface area contributed by atoms with Gasteiger partial charge in [0.2, 0.25) is 5.95 Å². The average molecular weight is 268 g/mol. The number of benzene rings is 1. The zero-order chi connectivity index (χ0) is 13.9. The zero-order valence-corrected chi connectivity index (χ0v) is 12.0. The Morgan fingerprint density at radius 1 is 1.15 bits per heavy atom. The Bertz CT molecular complexity index is 588. The number of hydrogen-bond acceptors (Lipinski definition) is 4. The van der Waals surface area contributed by atoms with Crippen LogP contribution in [0, 0.1) is 6.92 Å². The van der Waals surface area contributed by atoms with Crippen molar-refractivity contribution in [3.63, 3.8) is 0 Å². The van der Waals surface area contributed by atoms with Gasteiger partial charge in [-0.3, -0.25) is 0 Å². The van der Waals surface area contributed by atoms with Crippen molar-refractivity contribution in [3.05, 3.63) is 47.2 Å². The molecule has 4 heteroatoms. The molecule has 2 aromatic rings. The van der Waals surface area contributed by atoms with Gasteiger partial charge in [0.1, 0.15) is 5.82 Å². The van der Waals surface area contributed by atoms with Crippen molar-refractivity contribution >= 4 is 11.8 Å². The summed E-state index contributed by atoms with van der Waals surface area (Å²) in [4.78, 5) is 8.98. The van der Waals surface area contributed by atoms with Crippen LogP contribution in [0.1, 0.15) is 35.6 Å². The van der Waals surface area contributed by atoms with Crippen LogP contribution in [0.4, 0.5) is 11.8 Å². The third-order valence-electron chi connectivity index (χ3n) is 3.56. The van der Waals surface area contributed by atoms with Crippen molar-refractivity contribution in [2.24, 2.45) is 0 Å². The minimum atomic E-state index is 0.630. The number of aryl methyl sites for hydroxylation is 1. The first-order valence-electron chi connectivity index (χ1n) is 7.11. The van der Waals surface area contributed by atoms with Crippen LogP contribution in [0.25, 0.3) is 0 Å². The molecule has 1 aliphatic carbocycles. The smallest absolute Gasteiger partial charge is 0.224 e. The van der Waals surface area contributed by atoms with Crippen LogP contribution in [0.2, 0.25) is 0 Å². The van der Waals surface area contributed by atoms with E-state index < -0.39 is 0 Å². The van der Waals surface area contributed by atoms with Crippen molar-refractivity contribution in [3.8, 4) is 0 Å². The molecule has 0 atom stereocenters. The summed E-state index contributed by atoms with van der Waals surface area (Å²) in [5.41, 5.74) is 3.69. The number of rotatable bonds is 5. The molecular formula is C16H20N4. The zero-order valence-electron chi connectivity index (χ0n) is 12.0. The maximum absolute atomic E-state index is 4.52. The molecule has 20 heavy (non-hydrogen) atoms. The average Bonchev–Trinajstić information content (AvgIpc) is 3.31. The summed E-state index contributed by atoms with van der Waals surface area (Å²) in [5.74, 6) is 2.22. The summed E-state index contributed by atoms with van der Waals surface area (Å²) >= 11 is 0. The lowest BCUT2D eigenvalue weighted by Crippen LogP contribution is -2.06. The van der Waals surface area contributed by atoms with Gasteiger partial charge in [-0.1, -0.05) is 29.8 Å². The van der Waals surface area contributed by atoms with Crippen molar-refractivity contribution in [1.29, 1.82) is 0 Å². The quantitative estimate of drug-likeness (QED) is 0.873. The van der Waals surface area contributed by atoms with Gasteiger partial charge in [-0.2, -0.15) is 4.98 Å². The van der Waals surface area contributed by atoms with E-state index in [0.717, 1.165) is 18.1 Å². The molecule has 3 rings (SSSR count). The van der Waals surface area contributed by atoms with Gasteiger partial charge < -0.3 is 10.6 Å². The van der Waals surface area contributed by atoms with Gasteiger partial charge in [-0.15, -0.1) is 0 Å². The van der Waals surface area contributed by atoms with Gasteiger partial charge in [-0.25, -0.2) is 4.98 Å². The summed E-state index contributed by atoms with van der Waals surface area (Å²) in [6.45, 7) is 2.88. The fourth-order valence-corrected chi connectivity index (χ4v) is 2.16. The van der Waals surface area contributed by atoms with Crippen LogP contribution in [0.5, 0.6) is 0 Å². The summed E-state index contributed by atoms with van der Waals surface area (Å²) in [6.07, 6.45) is 2.50. The molecule has 4 nitrogen and oxygen atoms in total. The summed E-state index contributed by atoms with van der Waals surface area (Å²) in [7, 11) is 1.86. The molecule has 1 aliphatic rings. The van der Waals surface area contributed by atoms with E-state index in [4.69, 9.17) is 0 Å². The Morgan fingerprint density at radius 2 is 1.90 bits per heavy atom. The van der Waals surface area contributed by atoms with Crippen LogP contribution in [-0.4, -0.2) is 17.0 Å². The predicted molar refractivity (Wildman–Crippen MR) is 82.1 cm³/mol. The van der Waals surface area contributed by atoms with E-state index in [1.165, 1.54) is 24.0 Å². The van der Waals surface area contributed by atoms with Crippen molar-refractivity contribution in [2.75, 3.05) is 17.7 Å². The maximum atomic E-state index is 4.52. The summed E-state index contributed by atoms with van der Waals surface area (Å²) in [5, 5.41) is 6.42. The molecule has 1 saturated carbocycles. The maximum Gasteiger partial charge on any atom is 0.224 e. The lowest BCUT2D eigenvalue weighted by molar-refractivity contribution is 0.979. The molecule has 1 aromatic carbocycles. The number of anilines is 2. The fourth-order valence-electron chi connectivity index (χ4n) is 2.16. The fraction of sp³-hybridized carbons (Fsp3) is 0.375. The standard InChI is InChI=1S/C16H20N4/c1-11-3-5-12(6-4-11)10-18-15-9-14(13-7-8-13)19-16(17-2)20-15/h3-6,9,13H,7-8,10H2,1-2H3,(H2,17,18,19,20). The molecule has 2 N–H and O–H groups in total. The SMILES string of the molecule is CNc1nc(NCc2ccc(C)cc2)cc(C2CC2)n1. The van der Waals surface area contributed by atoms with E-state index >= 15 is 0 Å². The second kappa shape index (κ2) is 5.49. The highest BCUT2D eigenvalue weighted by Crippen LogP contribution is 2.39. The Morgan fingerprint density at radius 3 is 2.55 bits per heavy atom. The molecule has 0 saturated heterocycles. The summed E-state index contributed by atoms with van der Waals surface area (Å²) in [6, 6.07) is 10.6. The molecule has 1 aromatic heterocycles. The van der Waals surface area contributed by atoms with E-state index in [9.17, 15) is 0 Å². The number of nitrogens with one attached hydrogen (secondary N) is 2. The van der Waals surface area contributed by atoms with E-state index in [1.54, 1.807) is 0 Å². The molecule has 0 unspecified atom stereocenters. The van der Waals surface area contributed by atoms with Gasteiger partial charge in [-0.05, 0) is 25.3 Å². The van der Waals surface area contributed by atoms with E-state index in [1.807, 2.05) is 7.05 Å². The molecule has 0 bridgehead atoms. The second-order valence-corrected chi connectivity index (χ2v) is 5.37. The third kappa shape index (κ3) is 3.07. The Labute approximate surface area is 119 Å². The minimum absolute atomic E-state index is 0.630. The third-order valence-corrected chi connectivity index (χ3v) is 3.56. The molecule has 0 amide bonds. The Kier molecular flexibility index (Phi) is 3.54. The topological polar surface area (TPSA) is 49.8 Å². The molecule has 104 valence electrons. The monoisotopic (exact) mass is 268 g/mol. The Hall–Kier alpha value is -2.10. The van der Waals surface area contributed by atoms with Gasteiger partial charge in [0.15, 0.2) is 0 Å². The van der Waals surface area contributed by atoms with Crippen LogP contribution in [0.3, 0.4) is 0 Å². The molecule has 0 spiro atoms. The lowest BCUT2D eigenvalue weighted by Gasteiger charge is -2.09. The second-order valence-electron chi connectivity index (χ2n) is 5.37. The van der Waals surface area contributed by atoms with E-state index in [-0.39, 0.29) is 0 Å². The number of hydrogen-bond donors (Lipinski definition) is 2. The van der Waals surface area contributed by atoms with Crippen molar-refractivity contribution in [1.82, 2.24) is 9.97 Å². The van der Waals surface area contributed by atoms with Gasteiger partial charge in [0.25, 0.3) is 0 Å². The van der Waals surface area contributed by atoms with Gasteiger partial charge in [0.05, 0.1) is 5.69 Å². The molecular weight excluding hydrogens is 248 g/mol. The molecule has 1 fully saturated rings. The van der Waals surface area contributed by atoms with Crippen LogP contribution in [0.15, 0.2) is 30.3 Å². The largest absolute Gasteiger partial charge is 0.366 e. The lowest BCUT2D eigenvalue weighted by atomic mass is 10.1. The van der Waals surface area contributed by atoms with Crippen molar-refractivity contribution in [2.45, 2.75) is 32.2 Å².